The largest absolute Gasteiger partial charge is 0.437 e. The first-order valence-corrected chi connectivity index (χ1v) is 11.2. The second kappa shape index (κ2) is 7.48. The van der Waals surface area contributed by atoms with Gasteiger partial charge in [-0.05, 0) is 30.6 Å². The number of carbonyl (C=O) groups excluding carboxylic acids is 2. The van der Waals surface area contributed by atoms with Gasteiger partial charge in [0.05, 0.1) is 11.5 Å². The van der Waals surface area contributed by atoms with Gasteiger partial charge in [-0.25, -0.2) is 4.79 Å². The monoisotopic (exact) mass is 349 g/mol. The molecule has 2 rings (SSSR count). The van der Waals surface area contributed by atoms with Gasteiger partial charge in [0.15, 0.2) is 15.3 Å². The topological polar surface area (TPSA) is 64.6 Å². The number of esters is 1. The van der Waals surface area contributed by atoms with Crippen LogP contribution >= 0.6 is 0 Å². The normalized spacial score (nSPS) is 21.8. The Morgan fingerprint density at radius 1 is 1.25 bits per heavy atom. The number of benzene rings is 1. The van der Waals surface area contributed by atoms with E-state index in [2.05, 4.69) is 39.2 Å². The fraction of sp³-hybridized carbons (Fsp3) is 0.556. The summed E-state index contributed by atoms with van der Waals surface area (Å²) >= 11 is 0. The number of hydrogen-bond acceptors (Lipinski definition) is 4. The Balaban J connectivity index is 2.08. The molecule has 1 N–H and O–H groups in total. The van der Waals surface area contributed by atoms with Crippen LogP contribution in [0.3, 0.4) is 0 Å². The zero-order valence-corrected chi connectivity index (χ0v) is 16.2. The van der Waals surface area contributed by atoms with Crippen LogP contribution in [0.15, 0.2) is 30.3 Å². The molecule has 0 spiro atoms. The van der Waals surface area contributed by atoms with Crippen LogP contribution in [0.5, 0.6) is 0 Å². The van der Waals surface area contributed by atoms with E-state index in [1.54, 1.807) is 24.3 Å². The highest BCUT2D eigenvalue weighted by molar-refractivity contribution is 6.48. The number of nitrogens with one attached hydrogen (secondary N) is 1. The second-order valence-corrected chi connectivity index (χ2v) is 10.0. The Hall–Kier alpha value is -1.66. The first-order chi connectivity index (χ1) is 11.2. The molecule has 1 fully saturated rings. The van der Waals surface area contributed by atoms with Crippen molar-refractivity contribution in [3.63, 3.8) is 0 Å². The molecule has 1 aromatic rings. The quantitative estimate of drug-likeness (QED) is 0.487. The highest BCUT2D eigenvalue weighted by Gasteiger charge is 2.50. The molecule has 5 nitrogen and oxygen atoms in total. The summed E-state index contributed by atoms with van der Waals surface area (Å²) in [6, 6.07) is 8.81. The minimum Gasteiger partial charge on any atom is -0.437 e. The van der Waals surface area contributed by atoms with E-state index in [4.69, 9.17) is 9.16 Å². The summed E-state index contributed by atoms with van der Waals surface area (Å²) in [7, 11) is -1.18. The summed E-state index contributed by atoms with van der Waals surface area (Å²) < 4.78 is 11.4. The lowest BCUT2D eigenvalue weighted by Gasteiger charge is -2.45. The van der Waals surface area contributed by atoms with Crippen molar-refractivity contribution in [2.24, 2.45) is 17.3 Å². The van der Waals surface area contributed by atoms with E-state index >= 15 is 0 Å². The van der Waals surface area contributed by atoms with Crippen LogP contribution in [0.25, 0.3) is 0 Å². The van der Waals surface area contributed by atoms with Crippen LogP contribution in [-0.4, -0.2) is 33.8 Å². The molecule has 1 aromatic carbocycles. The molecule has 3 atom stereocenters. The molecular weight excluding hydrogens is 322 g/mol. The number of amides is 1. The summed E-state index contributed by atoms with van der Waals surface area (Å²) in [6.07, 6.45) is -0.591. The molecule has 132 valence electrons. The van der Waals surface area contributed by atoms with Crippen LogP contribution in [0.1, 0.15) is 31.1 Å². The molecule has 0 aliphatic carbocycles. The molecule has 1 aliphatic heterocycles. The van der Waals surface area contributed by atoms with E-state index in [9.17, 15) is 9.59 Å². The fourth-order valence-electron chi connectivity index (χ4n) is 2.81. The summed E-state index contributed by atoms with van der Waals surface area (Å²) in [4.78, 5) is 24.4. The maximum atomic E-state index is 12.2. The van der Waals surface area contributed by atoms with Gasteiger partial charge in [-0.15, -0.1) is 0 Å². The number of ether oxygens (including phenoxy) is 1. The summed E-state index contributed by atoms with van der Waals surface area (Å²) in [5, 5.41) is 2.71. The van der Waals surface area contributed by atoms with E-state index in [0.29, 0.717) is 12.2 Å². The Morgan fingerprint density at radius 2 is 1.88 bits per heavy atom. The van der Waals surface area contributed by atoms with E-state index in [1.165, 1.54) is 0 Å². The molecule has 24 heavy (non-hydrogen) atoms. The minimum absolute atomic E-state index is 0.00489. The second-order valence-electron chi connectivity index (χ2n) is 7.58. The van der Waals surface area contributed by atoms with Crippen molar-refractivity contribution in [3.8, 4) is 0 Å². The van der Waals surface area contributed by atoms with Gasteiger partial charge in [0.1, 0.15) is 0 Å². The first kappa shape index (κ1) is 18.7. The van der Waals surface area contributed by atoms with Gasteiger partial charge >= 0.3 is 5.97 Å². The third-order valence-corrected chi connectivity index (χ3v) is 5.17. The van der Waals surface area contributed by atoms with Crippen LogP contribution in [0.2, 0.25) is 13.1 Å². The predicted octanol–water partition coefficient (Wildman–Crippen LogP) is 2.58. The first-order valence-electron chi connectivity index (χ1n) is 8.38. The van der Waals surface area contributed by atoms with Crippen molar-refractivity contribution in [1.29, 1.82) is 0 Å². The lowest BCUT2D eigenvalue weighted by Crippen LogP contribution is -2.64. The number of rotatable bonds is 6. The van der Waals surface area contributed by atoms with Gasteiger partial charge in [-0.3, -0.25) is 4.79 Å². The number of carbonyl (C=O) groups is 2. The average molecular weight is 350 g/mol. The van der Waals surface area contributed by atoms with E-state index < -0.39 is 21.2 Å². The summed E-state index contributed by atoms with van der Waals surface area (Å²) in [5.74, 6) is -0.868. The van der Waals surface area contributed by atoms with Crippen LogP contribution in [-0.2, 0) is 14.0 Å². The molecular formula is C18H27NO4Si. The number of β-lactam (4-membered cyclic amide) rings is 1. The molecule has 1 heterocycles. The van der Waals surface area contributed by atoms with Gasteiger partial charge in [0.2, 0.25) is 5.91 Å². The third-order valence-electron chi connectivity index (χ3n) is 4.31. The molecule has 3 unspecified atom stereocenters. The van der Waals surface area contributed by atoms with Crippen molar-refractivity contribution in [2.75, 3.05) is 6.61 Å². The maximum Gasteiger partial charge on any atom is 0.340 e. The molecule has 1 saturated heterocycles. The fourth-order valence-corrected chi connectivity index (χ4v) is 3.40. The lowest BCUT2D eigenvalue weighted by atomic mass is 9.70. The highest BCUT2D eigenvalue weighted by atomic mass is 28.3. The van der Waals surface area contributed by atoms with Crippen molar-refractivity contribution >= 4 is 20.9 Å². The molecule has 0 saturated carbocycles. The van der Waals surface area contributed by atoms with Crippen molar-refractivity contribution < 1.29 is 18.8 Å². The van der Waals surface area contributed by atoms with E-state index in [1.807, 2.05) is 6.07 Å². The molecule has 0 radical (unpaired) electrons. The van der Waals surface area contributed by atoms with Crippen LogP contribution < -0.4 is 5.32 Å². The van der Waals surface area contributed by atoms with E-state index in [0.717, 1.165) is 0 Å². The smallest absolute Gasteiger partial charge is 0.340 e. The van der Waals surface area contributed by atoms with Gasteiger partial charge in [-0.1, -0.05) is 39.0 Å². The van der Waals surface area contributed by atoms with Gasteiger partial charge < -0.3 is 14.5 Å². The molecule has 0 aromatic heterocycles. The molecule has 6 heteroatoms. The van der Waals surface area contributed by atoms with Gasteiger partial charge in [0.25, 0.3) is 0 Å². The summed E-state index contributed by atoms with van der Waals surface area (Å²) in [5.41, 5.74) is 0.360. The Morgan fingerprint density at radius 3 is 2.38 bits per heavy atom. The van der Waals surface area contributed by atoms with Crippen molar-refractivity contribution in [3.05, 3.63) is 35.9 Å². The lowest BCUT2D eigenvalue weighted by molar-refractivity contribution is -0.157. The van der Waals surface area contributed by atoms with Gasteiger partial charge in [0, 0.05) is 12.5 Å². The zero-order valence-electron chi connectivity index (χ0n) is 15.0. The standard InChI is InChI=1S/C18H27NO4Si/c1-18(2,3)13(11-22-24(4)5)14-15(20)19-16(14)23-17(21)12-9-7-6-8-10-12/h6-10,13-14,16,24H,11H2,1-5H3,(H,19,20). The predicted molar refractivity (Wildman–Crippen MR) is 95.1 cm³/mol. The Kier molecular flexibility index (Phi) is 5.82. The number of hydrogen-bond donors (Lipinski definition) is 1. The summed E-state index contributed by atoms with van der Waals surface area (Å²) in [6.45, 7) is 11.0. The van der Waals surface area contributed by atoms with Gasteiger partial charge in [-0.2, -0.15) is 0 Å². The highest BCUT2D eigenvalue weighted by Crippen LogP contribution is 2.38. The average Bonchev–Trinajstić information content (AvgIpc) is 2.50. The minimum atomic E-state index is -1.18. The van der Waals surface area contributed by atoms with Crippen molar-refractivity contribution in [2.45, 2.75) is 40.1 Å². The Labute approximate surface area is 145 Å². The molecule has 1 aliphatic rings. The van der Waals surface area contributed by atoms with Crippen LogP contribution in [0.4, 0.5) is 0 Å². The van der Waals surface area contributed by atoms with Crippen LogP contribution in [0, 0.1) is 17.3 Å². The van der Waals surface area contributed by atoms with Crippen molar-refractivity contribution in [1.82, 2.24) is 5.32 Å². The van der Waals surface area contributed by atoms with E-state index in [-0.39, 0.29) is 23.2 Å². The molecule has 1 amide bonds. The third kappa shape index (κ3) is 4.45. The molecule has 0 bridgehead atoms. The SMILES string of the molecule is C[SiH](C)OCC(C1C(=O)NC1OC(=O)c1ccccc1)C(C)(C)C. The zero-order chi connectivity index (χ0) is 17.9. The maximum absolute atomic E-state index is 12.2. The Bertz CT molecular complexity index is 582.